The zero-order chi connectivity index (χ0) is 17.7. The SMILES string of the molecule is CS(=O)(=O)N1CCC(C(=O)OCC(=O)Nc2cccc(Cl)c2)CC1. The summed E-state index contributed by atoms with van der Waals surface area (Å²) < 4.78 is 29.2. The second-order valence-electron chi connectivity index (χ2n) is 5.60. The standard InChI is InChI=1S/C15H19ClN2O5S/c1-24(21,22)18-7-5-11(6-8-18)15(20)23-10-14(19)17-13-4-2-3-12(16)9-13/h2-4,9,11H,5-8,10H2,1H3,(H,17,19). The van der Waals surface area contributed by atoms with E-state index >= 15 is 0 Å². The van der Waals surface area contributed by atoms with Crippen molar-refractivity contribution in [3.63, 3.8) is 0 Å². The van der Waals surface area contributed by atoms with Gasteiger partial charge in [-0.15, -0.1) is 0 Å². The Morgan fingerprint density at radius 3 is 2.58 bits per heavy atom. The lowest BCUT2D eigenvalue weighted by Gasteiger charge is -2.28. The van der Waals surface area contributed by atoms with Crippen molar-refractivity contribution < 1.29 is 22.7 Å². The molecule has 0 spiro atoms. The van der Waals surface area contributed by atoms with Crippen LogP contribution in [0.3, 0.4) is 0 Å². The Bertz CT molecular complexity index is 714. The molecule has 1 heterocycles. The van der Waals surface area contributed by atoms with Crippen molar-refractivity contribution >= 4 is 39.2 Å². The second kappa shape index (κ2) is 7.96. The van der Waals surface area contributed by atoms with E-state index in [0.29, 0.717) is 23.6 Å². The van der Waals surface area contributed by atoms with Gasteiger partial charge in [0.1, 0.15) is 0 Å². The summed E-state index contributed by atoms with van der Waals surface area (Å²) in [6.07, 6.45) is 1.93. The highest BCUT2D eigenvalue weighted by Crippen LogP contribution is 2.20. The van der Waals surface area contributed by atoms with Crippen molar-refractivity contribution in [3.8, 4) is 0 Å². The summed E-state index contributed by atoms with van der Waals surface area (Å²) in [5.74, 6) is -1.33. The van der Waals surface area contributed by atoms with Crippen molar-refractivity contribution in [1.29, 1.82) is 0 Å². The molecule has 7 nitrogen and oxygen atoms in total. The van der Waals surface area contributed by atoms with E-state index in [2.05, 4.69) is 5.32 Å². The first kappa shape index (κ1) is 18.7. The molecule has 0 aliphatic carbocycles. The van der Waals surface area contributed by atoms with Crippen LogP contribution in [0.15, 0.2) is 24.3 Å². The number of halogens is 1. The summed E-state index contributed by atoms with van der Waals surface area (Å²) in [6.45, 7) is 0.179. The number of hydrogen-bond donors (Lipinski definition) is 1. The van der Waals surface area contributed by atoms with Crippen LogP contribution in [0, 0.1) is 5.92 Å². The monoisotopic (exact) mass is 374 g/mol. The van der Waals surface area contributed by atoms with Crippen LogP contribution in [0.5, 0.6) is 0 Å². The van der Waals surface area contributed by atoms with Crippen molar-refractivity contribution in [2.45, 2.75) is 12.8 Å². The van der Waals surface area contributed by atoms with Gasteiger partial charge in [0, 0.05) is 23.8 Å². The van der Waals surface area contributed by atoms with Gasteiger partial charge in [-0.3, -0.25) is 9.59 Å². The molecule has 132 valence electrons. The molecule has 1 aliphatic heterocycles. The van der Waals surface area contributed by atoms with Gasteiger partial charge in [-0.05, 0) is 31.0 Å². The van der Waals surface area contributed by atoms with E-state index in [1.165, 1.54) is 4.31 Å². The van der Waals surface area contributed by atoms with Gasteiger partial charge < -0.3 is 10.1 Å². The van der Waals surface area contributed by atoms with E-state index in [0.717, 1.165) is 6.26 Å². The molecule has 1 amide bonds. The molecule has 1 aliphatic rings. The minimum Gasteiger partial charge on any atom is -0.455 e. The van der Waals surface area contributed by atoms with Crippen molar-refractivity contribution in [1.82, 2.24) is 4.31 Å². The highest BCUT2D eigenvalue weighted by atomic mass is 35.5. The fraction of sp³-hybridized carbons (Fsp3) is 0.467. The fourth-order valence-corrected chi connectivity index (χ4v) is 3.51. The van der Waals surface area contributed by atoms with E-state index in [4.69, 9.17) is 16.3 Å². The van der Waals surface area contributed by atoms with Gasteiger partial charge >= 0.3 is 5.97 Å². The van der Waals surface area contributed by atoms with Gasteiger partial charge in [0.25, 0.3) is 5.91 Å². The maximum Gasteiger partial charge on any atom is 0.309 e. The first-order valence-corrected chi connectivity index (χ1v) is 9.65. The predicted octanol–water partition coefficient (Wildman–Crippen LogP) is 1.49. The Balaban J connectivity index is 1.76. The highest BCUT2D eigenvalue weighted by molar-refractivity contribution is 7.88. The number of anilines is 1. The third kappa shape index (κ3) is 5.47. The number of benzene rings is 1. The molecule has 1 aromatic carbocycles. The molecule has 0 bridgehead atoms. The van der Waals surface area contributed by atoms with Crippen LogP contribution in [-0.4, -0.2) is 50.6 Å². The Labute approximate surface area is 146 Å². The Hall–Kier alpha value is -1.64. The van der Waals surface area contributed by atoms with E-state index < -0.39 is 28.5 Å². The summed E-state index contributed by atoms with van der Waals surface area (Å²) in [7, 11) is -3.23. The molecule has 0 saturated carbocycles. The Kier molecular flexibility index (Phi) is 6.20. The first-order valence-electron chi connectivity index (χ1n) is 7.43. The van der Waals surface area contributed by atoms with Gasteiger partial charge in [0.2, 0.25) is 10.0 Å². The highest BCUT2D eigenvalue weighted by Gasteiger charge is 2.30. The number of piperidine rings is 1. The number of nitrogens with zero attached hydrogens (tertiary/aromatic N) is 1. The number of ether oxygens (including phenoxy) is 1. The fourth-order valence-electron chi connectivity index (χ4n) is 2.44. The normalized spacial score (nSPS) is 16.6. The number of carbonyl (C=O) groups is 2. The van der Waals surface area contributed by atoms with Gasteiger partial charge in [0.15, 0.2) is 6.61 Å². The molecule has 9 heteroatoms. The van der Waals surface area contributed by atoms with Crippen molar-refractivity contribution in [2.24, 2.45) is 5.92 Å². The van der Waals surface area contributed by atoms with Gasteiger partial charge in [-0.2, -0.15) is 0 Å². The van der Waals surface area contributed by atoms with Gasteiger partial charge in [0.05, 0.1) is 12.2 Å². The van der Waals surface area contributed by atoms with Crippen LogP contribution >= 0.6 is 11.6 Å². The topological polar surface area (TPSA) is 92.8 Å². The Morgan fingerprint density at radius 1 is 1.33 bits per heavy atom. The molecule has 24 heavy (non-hydrogen) atoms. The molecule has 0 atom stereocenters. The molecule has 1 aromatic rings. The van der Waals surface area contributed by atoms with E-state index in [1.807, 2.05) is 0 Å². The lowest BCUT2D eigenvalue weighted by atomic mass is 9.98. The number of hydrogen-bond acceptors (Lipinski definition) is 5. The zero-order valence-electron chi connectivity index (χ0n) is 13.2. The number of sulfonamides is 1. The minimum absolute atomic E-state index is 0.285. The zero-order valence-corrected chi connectivity index (χ0v) is 14.8. The smallest absolute Gasteiger partial charge is 0.309 e. The quantitative estimate of drug-likeness (QED) is 0.788. The summed E-state index contributed by atoms with van der Waals surface area (Å²) in [4.78, 5) is 23.7. The number of nitrogens with one attached hydrogen (secondary N) is 1. The van der Waals surface area contributed by atoms with E-state index in [-0.39, 0.29) is 19.0 Å². The molecule has 0 radical (unpaired) electrons. The predicted molar refractivity (Wildman–Crippen MR) is 90.2 cm³/mol. The van der Waals surface area contributed by atoms with E-state index in [9.17, 15) is 18.0 Å². The molecule has 0 aromatic heterocycles. The summed E-state index contributed by atoms with van der Waals surface area (Å²) in [6, 6.07) is 6.63. The molecule has 2 rings (SSSR count). The molecule has 1 saturated heterocycles. The third-order valence-electron chi connectivity index (χ3n) is 3.71. The third-order valence-corrected chi connectivity index (χ3v) is 5.25. The first-order chi connectivity index (χ1) is 11.3. The number of carbonyl (C=O) groups excluding carboxylic acids is 2. The number of amides is 1. The van der Waals surface area contributed by atoms with Gasteiger partial charge in [-0.25, -0.2) is 12.7 Å². The van der Waals surface area contributed by atoms with Crippen molar-refractivity contribution in [3.05, 3.63) is 29.3 Å². The maximum absolute atomic E-state index is 12.0. The van der Waals surface area contributed by atoms with Crippen molar-refractivity contribution in [2.75, 3.05) is 31.3 Å². The van der Waals surface area contributed by atoms with Crippen LogP contribution in [0.1, 0.15) is 12.8 Å². The molecule has 0 unspecified atom stereocenters. The van der Waals surface area contributed by atoms with Gasteiger partial charge in [-0.1, -0.05) is 17.7 Å². The van der Waals surface area contributed by atoms with Crippen LogP contribution in [0.25, 0.3) is 0 Å². The summed E-state index contributed by atoms with van der Waals surface area (Å²) in [5.41, 5.74) is 0.519. The minimum atomic E-state index is -3.23. The maximum atomic E-state index is 12.0. The Morgan fingerprint density at radius 2 is 2.00 bits per heavy atom. The van der Waals surface area contributed by atoms with Crippen LogP contribution in [-0.2, 0) is 24.3 Å². The van der Waals surface area contributed by atoms with Crippen LogP contribution in [0.2, 0.25) is 5.02 Å². The summed E-state index contributed by atoms with van der Waals surface area (Å²) >= 11 is 5.82. The van der Waals surface area contributed by atoms with E-state index in [1.54, 1.807) is 24.3 Å². The average molecular weight is 375 g/mol. The molecular weight excluding hydrogens is 356 g/mol. The lowest BCUT2D eigenvalue weighted by molar-refractivity contribution is -0.152. The molecular formula is C15H19ClN2O5S. The summed E-state index contributed by atoms with van der Waals surface area (Å²) in [5, 5.41) is 3.07. The molecule has 1 fully saturated rings. The largest absolute Gasteiger partial charge is 0.455 e. The molecule has 1 N–H and O–H groups in total. The second-order valence-corrected chi connectivity index (χ2v) is 8.02. The number of esters is 1. The van der Waals surface area contributed by atoms with Crippen LogP contribution < -0.4 is 5.32 Å². The average Bonchev–Trinajstić information content (AvgIpc) is 2.52. The lowest BCUT2D eigenvalue weighted by Crippen LogP contribution is -2.40. The van der Waals surface area contributed by atoms with Crippen LogP contribution in [0.4, 0.5) is 5.69 Å². The number of rotatable bonds is 5.